The molecule has 2 aromatic rings. The molecule has 2 saturated heterocycles. The lowest BCUT2D eigenvalue weighted by molar-refractivity contribution is -0.125. The molecule has 158 valence electrons. The highest BCUT2D eigenvalue weighted by Gasteiger charge is 2.48. The van der Waals surface area contributed by atoms with Crippen LogP contribution in [0.5, 0.6) is 0 Å². The van der Waals surface area contributed by atoms with Gasteiger partial charge in [0, 0.05) is 31.0 Å². The van der Waals surface area contributed by atoms with Gasteiger partial charge in [-0.05, 0) is 42.5 Å². The third kappa shape index (κ3) is 3.88. The first-order chi connectivity index (χ1) is 14.5. The lowest BCUT2D eigenvalue weighted by atomic mass is 9.64. The van der Waals surface area contributed by atoms with Crippen LogP contribution in [0.15, 0.2) is 48.5 Å². The van der Waals surface area contributed by atoms with E-state index in [4.69, 9.17) is 4.74 Å². The topological polar surface area (TPSA) is 58.6 Å². The molecule has 7 heteroatoms. The van der Waals surface area contributed by atoms with Gasteiger partial charge in [-0.3, -0.25) is 4.79 Å². The molecule has 1 unspecified atom stereocenters. The summed E-state index contributed by atoms with van der Waals surface area (Å²) in [6.45, 7) is 1.53. The fourth-order valence-electron chi connectivity index (χ4n) is 4.66. The maximum Gasteiger partial charge on any atom is 0.410 e. The van der Waals surface area contributed by atoms with E-state index < -0.39 is 23.1 Å². The number of carbonyl (C=O) groups excluding carboxylic acids is 2. The third-order valence-corrected chi connectivity index (χ3v) is 6.33. The second kappa shape index (κ2) is 8.42. The highest BCUT2D eigenvalue weighted by Crippen LogP contribution is 2.45. The minimum absolute atomic E-state index is 0.0696. The summed E-state index contributed by atoms with van der Waals surface area (Å²) in [5, 5.41) is 2.85. The molecule has 2 fully saturated rings. The van der Waals surface area contributed by atoms with Crippen LogP contribution in [-0.4, -0.2) is 36.5 Å². The zero-order valence-corrected chi connectivity index (χ0v) is 16.6. The summed E-state index contributed by atoms with van der Waals surface area (Å²) in [7, 11) is 0. The normalized spacial score (nSPS) is 20.7. The minimum atomic E-state index is -0.921. The third-order valence-electron chi connectivity index (χ3n) is 6.33. The molecule has 1 N–H and O–H groups in total. The molecule has 0 radical (unpaired) electrons. The van der Waals surface area contributed by atoms with E-state index in [1.807, 2.05) is 30.3 Å². The first kappa shape index (κ1) is 20.3. The first-order valence-corrected chi connectivity index (χ1v) is 10.2. The molecule has 2 aliphatic rings. The van der Waals surface area contributed by atoms with E-state index in [-0.39, 0.29) is 18.4 Å². The van der Waals surface area contributed by atoms with Crippen LogP contribution in [0.4, 0.5) is 13.6 Å². The number of nitrogens with one attached hydrogen (secondary N) is 1. The van der Waals surface area contributed by atoms with Gasteiger partial charge in [-0.15, -0.1) is 0 Å². The van der Waals surface area contributed by atoms with E-state index in [1.54, 1.807) is 11.0 Å². The highest BCUT2D eigenvalue weighted by molar-refractivity contribution is 5.82. The average Bonchev–Trinajstić information content (AvgIpc) is 3.21. The number of piperidine rings is 1. The van der Waals surface area contributed by atoms with Crippen molar-refractivity contribution >= 4 is 12.0 Å². The van der Waals surface area contributed by atoms with Crippen LogP contribution in [0.2, 0.25) is 0 Å². The summed E-state index contributed by atoms with van der Waals surface area (Å²) >= 11 is 0. The van der Waals surface area contributed by atoms with Gasteiger partial charge in [0.1, 0.15) is 6.61 Å². The molecule has 0 saturated carbocycles. The Morgan fingerprint density at radius 2 is 1.83 bits per heavy atom. The number of carbonyl (C=O) groups is 2. The number of amides is 2. The molecule has 0 spiro atoms. The molecule has 4 rings (SSSR count). The Balaban J connectivity index is 1.49. The maximum atomic E-state index is 14.0. The van der Waals surface area contributed by atoms with Gasteiger partial charge in [-0.1, -0.05) is 36.4 Å². The Morgan fingerprint density at radius 3 is 2.47 bits per heavy atom. The van der Waals surface area contributed by atoms with Crippen molar-refractivity contribution in [3.63, 3.8) is 0 Å². The number of nitrogens with zero attached hydrogens (tertiary/aromatic N) is 1. The van der Waals surface area contributed by atoms with E-state index in [0.29, 0.717) is 44.5 Å². The zero-order chi connectivity index (χ0) is 21.1. The largest absolute Gasteiger partial charge is 0.445 e. The summed E-state index contributed by atoms with van der Waals surface area (Å²) in [4.78, 5) is 26.6. The van der Waals surface area contributed by atoms with Gasteiger partial charge >= 0.3 is 6.09 Å². The van der Waals surface area contributed by atoms with Gasteiger partial charge in [-0.25, -0.2) is 13.6 Å². The number of hydrogen-bond donors (Lipinski definition) is 1. The van der Waals surface area contributed by atoms with Crippen molar-refractivity contribution in [1.29, 1.82) is 0 Å². The molecule has 2 amide bonds. The Labute approximate surface area is 174 Å². The molecule has 2 aromatic carbocycles. The summed E-state index contributed by atoms with van der Waals surface area (Å²) in [5.74, 6) is -2.23. The summed E-state index contributed by atoms with van der Waals surface area (Å²) < 4.78 is 32.9. The van der Waals surface area contributed by atoms with Crippen molar-refractivity contribution in [2.24, 2.45) is 5.92 Å². The van der Waals surface area contributed by atoms with Crippen LogP contribution in [-0.2, 0) is 21.6 Å². The molecule has 1 atom stereocenters. The van der Waals surface area contributed by atoms with Gasteiger partial charge in [-0.2, -0.15) is 0 Å². The molecule has 0 bridgehead atoms. The van der Waals surface area contributed by atoms with Gasteiger partial charge < -0.3 is 15.0 Å². The standard InChI is InChI=1S/C23H24F2N2O3/c24-19-7-6-17(14-20(19)25)23(18-8-11-26-21(18)28)9-12-27(13-10-23)22(29)30-15-16-4-2-1-3-5-16/h1-7,14,18H,8-13,15H2,(H,26,28). The maximum absolute atomic E-state index is 14.0. The number of benzene rings is 2. The quantitative estimate of drug-likeness (QED) is 0.829. The lowest BCUT2D eigenvalue weighted by Gasteiger charge is -2.44. The van der Waals surface area contributed by atoms with Crippen LogP contribution in [0.3, 0.4) is 0 Å². The van der Waals surface area contributed by atoms with E-state index in [9.17, 15) is 18.4 Å². The SMILES string of the molecule is O=C1NCCC1C1(c2ccc(F)c(F)c2)CCN(C(=O)OCc2ccccc2)CC1. The van der Waals surface area contributed by atoms with Gasteiger partial charge in [0.05, 0.1) is 0 Å². The van der Waals surface area contributed by atoms with Crippen LogP contribution >= 0.6 is 0 Å². The second-order valence-corrected chi connectivity index (χ2v) is 7.94. The van der Waals surface area contributed by atoms with Crippen molar-refractivity contribution in [2.45, 2.75) is 31.3 Å². The number of hydrogen-bond acceptors (Lipinski definition) is 3. The van der Waals surface area contributed by atoms with Crippen LogP contribution in [0.1, 0.15) is 30.4 Å². The van der Waals surface area contributed by atoms with Crippen LogP contribution < -0.4 is 5.32 Å². The molecular weight excluding hydrogens is 390 g/mol. The minimum Gasteiger partial charge on any atom is -0.445 e. The summed E-state index contributed by atoms with van der Waals surface area (Å²) in [6.07, 6.45) is 1.19. The Bertz CT molecular complexity index is 927. The van der Waals surface area contributed by atoms with Gasteiger partial charge in [0.25, 0.3) is 0 Å². The molecule has 0 aliphatic carbocycles. The second-order valence-electron chi connectivity index (χ2n) is 7.94. The molecular formula is C23H24F2N2O3. The van der Waals surface area contributed by atoms with Crippen molar-refractivity contribution in [3.05, 3.63) is 71.3 Å². The summed E-state index contributed by atoms with van der Waals surface area (Å²) in [5.41, 5.74) is 0.882. The van der Waals surface area contributed by atoms with Gasteiger partial charge in [0.15, 0.2) is 11.6 Å². The predicted octanol–water partition coefficient (Wildman–Crippen LogP) is 3.77. The molecule has 2 heterocycles. The first-order valence-electron chi connectivity index (χ1n) is 10.2. The van der Waals surface area contributed by atoms with Crippen LogP contribution in [0, 0.1) is 17.6 Å². The zero-order valence-electron chi connectivity index (χ0n) is 16.6. The number of ether oxygens (including phenoxy) is 1. The van der Waals surface area contributed by atoms with E-state index in [2.05, 4.69) is 5.32 Å². The number of rotatable bonds is 4. The van der Waals surface area contributed by atoms with Gasteiger partial charge in [0.2, 0.25) is 5.91 Å². The van der Waals surface area contributed by atoms with Crippen molar-refractivity contribution in [1.82, 2.24) is 10.2 Å². The molecule has 0 aromatic heterocycles. The van der Waals surface area contributed by atoms with E-state index in [0.717, 1.165) is 11.6 Å². The smallest absolute Gasteiger partial charge is 0.410 e. The van der Waals surface area contributed by atoms with E-state index >= 15 is 0 Å². The van der Waals surface area contributed by atoms with E-state index in [1.165, 1.54) is 6.07 Å². The summed E-state index contributed by atoms with van der Waals surface area (Å²) in [6, 6.07) is 13.3. The molecule has 2 aliphatic heterocycles. The van der Waals surface area contributed by atoms with Crippen LogP contribution in [0.25, 0.3) is 0 Å². The fraction of sp³-hybridized carbons (Fsp3) is 0.391. The Morgan fingerprint density at radius 1 is 1.10 bits per heavy atom. The molecule has 5 nitrogen and oxygen atoms in total. The monoisotopic (exact) mass is 414 g/mol. The Kier molecular flexibility index (Phi) is 5.70. The van der Waals surface area contributed by atoms with Crippen molar-refractivity contribution in [2.75, 3.05) is 19.6 Å². The highest BCUT2D eigenvalue weighted by atomic mass is 19.2. The Hall–Kier alpha value is -2.96. The number of likely N-dealkylation sites (tertiary alicyclic amines) is 1. The molecule has 30 heavy (non-hydrogen) atoms. The fourth-order valence-corrected chi connectivity index (χ4v) is 4.66. The lowest BCUT2D eigenvalue weighted by Crippen LogP contribution is -2.50. The number of halogens is 2. The van der Waals surface area contributed by atoms with Crippen molar-refractivity contribution in [3.8, 4) is 0 Å². The average molecular weight is 414 g/mol. The predicted molar refractivity (Wildman–Crippen MR) is 107 cm³/mol. The van der Waals surface area contributed by atoms with Crippen molar-refractivity contribution < 1.29 is 23.1 Å².